The third-order valence-corrected chi connectivity index (χ3v) is 3.82. The average Bonchev–Trinajstić information content (AvgIpc) is 2.16. The molecule has 1 aliphatic rings. The van der Waals surface area contributed by atoms with E-state index in [9.17, 15) is 4.21 Å². The molecule has 1 heterocycles. The lowest BCUT2D eigenvalue weighted by Crippen LogP contribution is -2.40. The lowest BCUT2D eigenvalue weighted by molar-refractivity contribution is 0.243. The Hall–Kier alpha value is 0.0700. The third kappa shape index (κ3) is 5.64. The van der Waals surface area contributed by atoms with Gasteiger partial charge in [0.25, 0.3) is 0 Å². The van der Waals surface area contributed by atoms with E-state index in [1.807, 2.05) is 0 Å². The largest absolute Gasteiger partial charge is 0.314 e. The van der Waals surface area contributed by atoms with Crippen molar-refractivity contribution >= 4 is 10.8 Å². The number of rotatable bonds is 4. The molecule has 1 saturated heterocycles. The van der Waals surface area contributed by atoms with Gasteiger partial charge in [-0.1, -0.05) is 6.92 Å². The van der Waals surface area contributed by atoms with E-state index < -0.39 is 10.8 Å². The summed E-state index contributed by atoms with van der Waals surface area (Å²) in [5.74, 6) is 0.824. The van der Waals surface area contributed by atoms with Gasteiger partial charge in [-0.15, -0.1) is 0 Å². The van der Waals surface area contributed by atoms with Crippen LogP contribution in [0.2, 0.25) is 0 Å². The molecule has 2 atom stereocenters. The highest BCUT2D eigenvalue weighted by Crippen LogP contribution is 2.05. The molecule has 2 unspecified atom stereocenters. The zero-order valence-electron chi connectivity index (χ0n) is 10.00. The first-order valence-electron chi connectivity index (χ1n) is 5.98. The zero-order valence-corrected chi connectivity index (χ0v) is 10.8. The molecule has 0 aromatic rings. The fraction of sp³-hybridized carbons (Fsp3) is 1.00. The molecule has 4 heteroatoms. The molecule has 0 radical (unpaired) electrons. The van der Waals surface area contributed by atoms with Gasteiger partial charge in [-0.25, -0.2) is 0 Å². The number of hydrogen-bond donors (Lipinski definition) is 1. The number of hydrogen-bond acceptors (Lipinski definition) is 3. The Morgan fingerprint density at radius 2 is 2.27 bits per heavy atom. The van der Waals surface area contributed by atoms with Crippen LogP contribution in [-0.4, -0.2) is 53.3 Å². The Balaban J connectivity index is 2.28. The van der Waals surface area contributed by atoms with Gasteiger partial charge in [0.05, 0.1) is 0 Å². The summed E-state index contributed by atoms with van der Waals surface area (Å²) in [6, 6.07) is 0.680. The second-order valence-corrected chi connectivity index (χ2v) is 5.88. The van der Waals surface area contributed by atoms with Gasteiger partial charge < -0.3 is 10.2 Å². The van der Waals surface area contributed by atoms with Gasteiger partial charge in [0, 0.05) is 35.4 Å². The van der Waals surface area contributed by atoms with Crippen molar-refractivity contribution in [2.45, 2.75) is 32.2 Å². The van der Waals surface area contributed by atoms with Crippen LogP contribution in [0.5, 0.6) is 0 Å². The quantitative estimate of drug-likeness (QED) is 0.779. The molecule has 0 bridgehead atoms. The standard InChI is InChI=1S/C11H24N2OS/c1-3-11-5-8-13(7-4-6-12-11)9-10-15(2)14/h11-12H,3-10H2,1-2H3. The molecular weight excluding hydrogens is 208 g/mol. The van der Waals surface area contributed by atoms with Crippen LogP contribution in [0, 0.1) is 0 Å². The Morgan fingerprint density at radius 1 is 1.47 bits per heavy atom. The van der Waals surface area contributed by atoms with Gasteiger partial charge in [0.1, 0.15) is 0 Å². The minimum Gasteiger partial charge on any atom is -0.314 e. The number of nitrogens with one attached hydrogen (secondary N) is 1. The van der Waals surface area contributed by atoms with E-state index in [1.165, 1.54) is 19.3 Å². The Labute approximate surface area is 96.1 Å². The molecule has 1 N–H and O–H groups in total. The lowest BCUT2D eigenvalue weighted by atomic mass is 10.1. The van der Waals surface area contributed by atoms with E-state index in [-0.39, 0.29) is 0 Å². The Kier molecular flexibility index (Phi) is 6.45. The predicted octanol–water partition coefficient (Wildman–Crippen LogP) is 0.829. The van der Waals surface area contributed by atoms with Crippen molar-refractivity contribution in [3.8, 4) is 0 Å². The summed E-state index contributed by atoms with van der Waals surface area (Å²) in [6.07, 6.45) is 5.45. The van der Waals surface area contributed by atoms with Crippen molar-refractivity contribution < 1.29 is 4.21 Å². The molecule has 1 fully saturated rings. The lowest BCUT2D eigenvalue weighted by Gasteiger charge is -2.28. The van der Waals surface area contributed by atoms with Gasteiger partial charge in [-0.2, -0.15) is 0 Å². The van der Waals surface area contributed by atoms with Crippen LogP contribution in [0.4, 0.5) is 0 Å². The highest BCUT2D eigenvalue weighted by Gasteiger charge is 2.13. The Morgan fingerprint density at radius 3 is 2.93 bits per heavy atom. The minimum absolute atomic E-state index is 0.645. The van der Waals surface area contributed by atoms with Crippen molar-refractivity contribution in [1.29, 1.82) is 0 Å². The molecule has 15 heavy (non-hydrogen) atoms. The molecular formula is C11H24N2OS. The zero-order chi connectivity index (χ0) is 11.1. The summed E-state index contributed by atoms with van der Waals surface area (Å²) < 4.78 is 11.0. The summed E-state index contributed by atoms with van der Waals surface area (Å²) in [4.78, 5) is 2.46. The maximum absolute atomic E-state index is 11.0. The van der Waals surface area contributed by atoms with Crippen LogP contribution in [0.15, 0.2) is 0 Å². The Bertz CT molecular complexity index is 199. The molecule has 90 valence electrons. The van der Waals surface area contributed by atoms with Crippen molar-refractivity contribution in [1.82, 2.24) is 10.2 Å². The molecule has 1 aliphatic heterocycles. The van der Waals surface area contributed by atoms with Crippen LogP contribution in [0.3, 0.4) is 0 Å². The van der Waals surface area contributed by atoms with Crippen molar-refractivity contribution in [2.75, 3.05) is 38.2 Å². The highest BCUT2D eigenvalue weighted by atomic mass is 32.2. The van der Waals surface area contributed by atoms with Crippen molar-refractivity contribution in [2.24, 2.45) is 0 Å². The third-order valence-electron chi connectivity index (χ3n) is 3.07. The fourth-order valence-corrected chi connectivity index (χ4v) is 2.51. The molecule has 0 aromatic carbocycles. The van der Waals surface area contributed by atoms with E-state index in [0.717, 1.165) is 31.9 Å². The van der Waals surface area contributed by atoms with Crippen LogP contribution in [0.1, 0.15) is 26.2 Å². The van der Waals surface area contributed by atoms with Gasteiger partial charge in [-0.05, 0) is 38.9 Å². The van der Waals surface area contributed by atoms with Gasteiger partial charge >= 0.3 is 0 Å². The van der Waals surface area contributed by atoms with E-state index in [2.05, 4.69) is 17.1 Å². The summed E-state index contributed by atoms with van der Waals surface area (Å²) in [5.41, 5.74) is 0. The molecule has 3 nitrogen and oxygen atoms in total. The molecule has 0 amide bonds. The van der Waals surface area contributed by atoms with Crippen LogP contribution in [-0.2, 0) is 10.8 Å². The first-order chi connectivity index (χ1) is 7.22. The topological polar surface area (TPSA) is 32.3 Å². The number of nitrogens with zero attached hydrogens (tertiary/aromatic N) is 1. The van der Waals surface area contributed by atoms with Crippen LogP contribution >= 0.6 is 0 Å². The average molecular weight is 232 g/mol. The summed E-state index contributed by atoms with van der Waals surface area (Å²) in [7, 11) is -0.645. The smallest absolute Gasteiger partial charge is 0.0359 e. The fourth-order valence-electron chi connectivity index (χ4n) is 1.99. The monoisotopic (exact) mass is 232 g/mol. The van der Waals surface area contributed by atoms with E-state index in [4.69, 9.17) is 0 Å². The van der Waals surface area contributed by atoms with Gasteiger partial charge in [0.2, 0.25) is 0 Å². The molecule has 1 rings (SSSR count). The second kappa shape index (κ2) is 7.36. The van der Waals surface area contributed by atoms with Gasteiger partial charge in [0.15, 0.2) is 0 Å². The molecule has 0 aliphatic carbocycles. The van der Waals surface area contributed by atoms with Crippen LogP contribution in [0.25, 0.3) is 0 Å². The molecule has 0 saturated carbocycles. The summed E-state index contributed by atoms with van der Waals surface area (Å²) >= 11 is 0. The first-order valence-corrected chi connectivity index (χ1v) is 7.71. The highest BCUT2D eigenvalue weighted by molar-refractivity contribution is 7.84. The van der Waals surface area contributed by atoms with Crippen LogP contribution < -0.4 is 5.32 Å². The van der Waals surface area contributed by atoms with Gasteiger partial charge in [-0.3, -0.25) is 4.21 Å². The van der Waals surface area contributed by atoms with E-state index in [1.54, 1.807) is 6.26 Å². The SMILES string of the molecule is CCC1CCN(CCS(C)=O)CCCN1. The molecule has 0 spiro atoms. The maximum Gasteiger partial charge on any atom is 0.0359 e. The minimum atomic E-state index is -0.645. The summed E-state index contributed by atoms with van der Waals surface area (Å²) in [5, 5.41) is 3.57. The summed E-state index contributed by atoms with van der Waals surface area (Å²) in [6.45, 7) is 6.68. The molecule has 0 aromatic heterocycles. The van der Waals surface area contributed by atoms with Crippen molar-refractivity contribution in [3.05, 3.63) is 0 Å². The first kappa shape index (κ1) is 13.1. The second-order valence-electron chi connectivity index (χ2n) is 4.32. The van der Waals surface area contributed by atoms with Crippen molar-refractivity contribution in [3.63, 3.8) is 0 Å². The predicted molar refractivity (Wildman–Crippen MR) is 66.7 cm³/mol. The van der Waals surface area contributed by atoms with E-state index in [0.29, 0.717) is 6.04 Å². The maximum atomic E-state index is 11.0. The van der Waals surface area contributed by atoms with E-state index >= 15 is 0 Å². The normalized spacial score (nSPS) is 26.9.